The minimum Gasteiger partial charge on any atom is -0.480 e. The van der Waals surface area contributed by atoms with Gasteiger partial charge in [-0.2, -0.15) is 0 Å². The first-order valence-corrected chi connectivity index (χ1v) is 12.2. The molecule has 4 aromatic heterocycles. The Morgan fingerprint density at radius 1 is 1.11 bits per heavy atom. The van der Waals surface area contributed by atoms with Crippen LogP contribution >= 0.6 is 0 Å². The van der Waals surface area contributed by atoms with Gasteiger partial charge in [-0.1, -0.05) is 42.1 Å². The molecule has 0 spiro atoms. The molecule has 1 aliphatic heterocycles. The molecule has 0 radical (unpaired) electrons. The van der Waals surface area contributed by atoms with Gasteiger partial charge in [-0.15, -0.1) is 5.10 Å². The number of aromatic nitrogens is 6. The van der Waals surface area contributed by atoms with Gasteiger partial charge in [-0.3, -0.25) is 4.98 Å². The SMILES string of the molecule is C=Cc1nnn(C)c1-c1cnc2c3c(OC)nccc3n([C@H](c3ccccc3)C3CCOCC3)c2c1. The molecule has 1 atom stereocenters. The molecule has 0 N–H and O–H groups in total. The second-order valence-electron chi connectivity index (χ2n) is 9.13. The summed E-state index contributed by atoms with van der Waals surface area (Å²) in [5, 5.41) is 9.38. The highest BCUT2D eigenvalue weighted by molar-refractivity contribution is 6.09. The van der Waals surface area contributed by atoms with Crippen LogP contribution in [0.4, 0.5) is 0 Å². The lowest BCUT2D eigenvalue weighted by Crippen LogP contribution is -2.26. The van der Waals surface area contributed by atoms with Crippen LogP contribution in [-0.4, -0.2) is 49.9 Å². The first-order chi connectivity index (χ1) is 17.7. The summed E-state index contributed by atoms with van der Waals surface area (Å²) in [5.74, 6) is 0.981. The molecule has 6 rings (SSSR count). The van der Waals surface area contributed by atoms with Crippen LogP contribution in [0.2, 0.25) is 0 Å². The molecule has 8 nitrogen and oxygen atoms in total. The quantitative estimate of drug-likeness (QED) is 0.338. The summed E-state index contributed by atoms with van der Waals surface area (Å²) in [4.78, 5) is 9.48. The van der Waals surface area contributed by atoms with E-state index in [-0.39, 0.29) is 6.04 Å². The molecule has 1 saturated heterocycles. The van der Waals surface area contributed by atoms with Crippen molar-refractivity contribution in [1.82, 2.24) is 29.5 Å². The molecule has 182 valence electrons. The number of ether oxygens (including phenoxy) is 2. The second-order valence-corrected chi connectivity index (χ2v) is 9.13. The van der Waals surface area contributed by atoms with E-state index in [0.29, 0.717) is 11.8 Å². The topological polar surface area (TPSA) is 79.9 Å². The first kappa shape index (κ1) is 22.4. The van der Waals surface area contributed by atoms with E-state index in [0.717, 1.165) is 64.9 Å². The summed E-state index contributed by atoms with van der Waals surface area (Å²) >= 11 is 0. The highest BCUT2D eigenvalue weighted by atomic mass is 16.5. The van der Waals surface area contributed by atoms with E-state index in [1.807, 2.05) is 19.4 Å². The fourth-order valence-electron chi connectivity index (χ4n) is 5.56. The van der Waals surface area contributed by atoms with E-state index in [4.69, 9.17) is 14.5 Å². The summed E-state index contributed by atoms with van der Waals surface area (Å²) in [6.45, 7) is 5.45. The zero-order valence-electron chi connectivity index (χ0n) is 20.5. The summed E-state index contributed by atoms with van der Waals surface area (Å²) in [6, 6.07) is 15.1. The molecule has 0 aliphatic carbocycles. The maximum Gasteiger partial charge on any atom is 0.224 e. The van der Waals surface area contributed by atoms with E-state index in [1.54, 1.807) is 17.9 Å². The van der Waals surface area contributed by atoms with E-state index in [9.17, 15) is 0 Å². The molecule has 0 bridgehead atoms. The Morgan fingerprint density at radius 3 is 2.67 bits per heavy atom. The monoisotopic (exact) mass is 480 g/mol. The Bertz CT molecular complexity index is 1550. The van der Waals surface area contributed by atoms with Crippen molar-refractivity contribution in [3.63, 3.8) is 0 Å². The van der Waals surface area contributed by atoms with Gasteiger partial charge in [-0.25, -0.2) is 9.67 Å². The van der Waals surface area contributed by atoms with Gasteiger partial charge < -0.3 is 14.0 Å². The summed E-state index contributed by atoms with van der Waals surface area (Å²) in [6.07, 6.45) is 7.38. The van der Waals surface area contributed by atoms with Gasteiger partial charge >= 0.3 is 0 Å². The molecule has 36 heavy (non-hydrogen) atoms. The highest BCUT2D eigenvalue weighted by Crippen LogP contribution is 2.42. The third-order valence-electron chi connectivity index (χ3n) is 7.16. The maximum atomic E-state index is 5.74. The van der Waals surface area contributed by atoms with Gasteiger partial charge in [0.1, 0.15) is 11.2 Å². The van der Waals surface area contributed by atoms with Crippen molar-refractivity contribution in [3.05, 3.63) is 72.7 Å². The van der Waals surface area contributed by atoms with Crippen molar-refractivity contribution in [2.75, 3.05) is 20.3 Å². The van der Waals surface area contributed by atoms with Crippen molar-refractivity contribution in [2.45, 2.75) is 18.9 Å². The van der Waals surface area contributed by atoms with E-state index in [1.165, 1.54) is 5.56 Å². The fraction of sp³-hybridized carbons (Fsp3) is 0.286. The van der Waals surface area contributed by atoms with Gasteiger partial charge in [0.15, 0.2) is 0 Å². The predicted octanol–water partition coefficient (Wildman–Crippen LogP) is 5.05. The van der Waals surface area contributed by atoms with Crippen LogP contribution in [0.1, 0.15) is 30.1 Å². The lowest BCUT2D eigenvalue weighted by atomic mass is 9.86. The first-order valence-electron chi connectivity index (χ1n) is 12.2. The van der Waals surface area contributed by atoms with Crippen LogP contribution in [0, 0.1) is 5.92 Å². The lowest BCUT2D eigenvalue weighted by Gasteiger charge is -2.33. The van der Waals surface area contributed by atoms with Crippen LogP contribution in [0.5, 0.6) is 5.88 Å². The smallest absolute Gasteiger partial charge is 0.224 e. The number of benzene rings is 1. The van der Waals surface area contributed by atoms with Crippen molar-refractivity contribution in [1.29, 1.82) is 0 Å². The molecule has 0 saturated carbocycles. The van der Waals surface area contributed by atoms with E-state index < -0.39 is 0 Å². The number of nitrogens with zero attached hydrogens (tertiary/aromatic N) is 6. The molecule has 5 aromatic rings. The molecular formula is C28H28N6O2. The maximum absolute atomic E-state index is 5.74. The minimum atomic E-state index is 0.0998. The normalized spacial score (nSPS) is 15.4. The van der Waals surface area contributed by atoms with Gasteiger partial charge in [0.25, 0.3) is 0 Å². The Morgan fingerprint density at radius 2 is 1.92 bits per heavy atom. The zero-order valence-corrected chi connectivity index (χ0v) is 20.5. The van der Waals surface area contributed by atoms with E-state index >= 15 is 0 Å². The standard InChI is InChI=1S/C28H28N6O2/c1-4-21-27(33(2)32-31-21)20-16-23-25(30-17-20)24-22(10-13-29-28(24)35-3)34(23)26(18-8-6-5-7-9-18)19-11-14-36-15-12-19/h4-10,13,16-17,19,26H,1,11-12,14-15H2,2-3H3/t26-/m1/s1. The van der Waals surface area contributed by atoms with Crippen molar-refractivity contribution < 1.29 is 9.47 Å². The lowest BCUT2D eigenvalue weighted by molar-refractivity contribution is 0.0553. The zero-order chi connectivity index (χ0) is 24.6. The Hall–Kier alpha value is -4.04. The minimum absolute atomic E-state index is 0.0998. The molecule has 1 aliphatic rings. The third kappa shape index (κ3) is 3.56. The summed E-state index contributed by atoms with van der Waals surface area (Å²) in [5.41, 5.74) is 6.73. The molecule has 1 aromatic carbocycles. The predicted molar refractivity (Wildman–Crippen MR) is 140 cm³/mol. The Balaban J connectivity index is 1.69. The Kier molecular flexibility index (Phi) is 5.73. The number of hydrogen-bond acceptors (Lipinski definition) is 6. The average Bonchev–Trinajstić information content (AvgIpc) is 3.47. The van der Waals surface area contributed by atoms with Gasteiger partial charge in [-0.05, 0) is 42.5 Å². The van der Waals surface area contributed by atoms with Gasteiger partial charge in [0.2, 0.25) is 5.88 Å². The molecule has 0 amide bonds. The molecule has 1 fully saturated rings. The molecule has 0 unspecified atom stereocenters. The van der Waals surface area contributed by atoms with Crippen molar-refractivity contribution in [2.24, 2.45) is 13.0 Å². The number of methoxy groups -OCH3 is 1. The number of hydrogen-bond donors (Lipinski definition) is 0. The highest BCUT2D eigenvalue weighted by Gasteiger charge is 2.31. The average molecular weight is 481 g/mol. The molecule has 5 heterocycles. The largest absolute Gasteiger partial charge is 0.480 e. The van der Waals surface area contributed by atoms with E-state index in [2.05, 4.69) is 68.9 Å². The third-order valence-corrected chi connectivity index (χ3v) is 7.16. The van der Waals surface area contributed by atoms with Gasteiger partial charge in [0.05, 0.1) is 35.3 Å². The number of fused-ring (bicyclic) bond motifs is 3. The number of aryl methyl sites for hydroxylation is 1. The van der Waals surface area contributed by atoms with Gasteiger partial charge in [0, 0.05) is 38.2 Å². The summed E-state index contributed by atoms with van der Waals surface area (Å²) < 4.78 is 15.7. The molecular weight excluding hydrogens is 452 g/mol. The fourth-order valence-corrected chi connectivity index (χ4v) is 5.56. The number of rotatable bonds is 6. The summed E-state index contributed by atoms with van der Waals surface area (Å²) in [7, 11) is 3.54. The van der Waals surface area contributed by atoms with Crippen LogP contribution in [0.15, 0.2) is 61.4 Å². The van der Waals surface area contributed by atoms with Crippen LogP contribution in [-0.2, 0) is 11.8 Å². The molecule has 8 heteroatoms. The van der Waals surface area contributed by atoms with Crippen LogP contribution in [0.25, 0.3) is 39.3 Å². The van der Waals surface area contributed by atoms with Crippen LogP contribution < -0.4 is 4.74 Å². The van der Waals surface area contributed by atoms with Crippen LogP contribution in [0.3, 0.4) is 0 Å². The van der Waals surface area contributed by atoms with Crippen molar-refractivity contribution in [3.8, 4) is 17.1 Å². The van der Waals surface area contributed by atoms with Crippen molar-refractivity contribution >= 4 is 28.0 Å². The Labute approximate surface area is 209 Å². The number of pyridine rings is 2. The second kappa shape index (κ2) is 9.20.